The van der Waals surface area contributed by atoms with Crippen LogP contribution in [0.4, 0.5) is 5.69 Å². The second-order valence-corrected chi connectivity index (χ2v) is 6.97. The summed E-state index contributed by atoms with van der Waals surface area (Å²) in [5.41, 5.74) is 4.75. The normalized spacial score (nSPS) is 11.8. The van der Waals surface area contributed by atoms with Crippen LogP contribution in [0.2, 0.25) is 10.0 Å². The standard InChI is InChI=1S/C19H20Cl2N2O2/c1-10-5-12(3)17(6-11(10)2)13(4)22-18(24)19(25)23-16-8-14(20)7-15(21)9-16/h5-9,13H,1-4H3,(H,22,24)(H,23,25)/t13-/m0/s1. The number of nitrogens with one attached hydrogen (secondary N) is 2. The molecule has 0 aromatic heterocycles. The predicted octanol–water partition coefficient (Wildman–Crippen LogP) is 4.73. The lowest BCUT2D eigenvalue weighted by molar-refractivity contribution is -0.136. The SMILES string of the molecule is Cc1cc(C)c([C@H](C)NC(=O)C(=O)Nc2cc(Cl)cc(Cl)c2)cc1C. The average Bonchev–Trinajstić information content (AvgIpc) is 2.49. The van der Waals surface area contributed by atoms with Crippen molar-refractivity contribution in [3.8, 4) is 0 Å². The molecule has 0 saturated carbocycles. The Bertz CT molecular complexity index is 814. The smallest absolute Gasteiger partial charge is 0.313 e. The maximum absolute atomic E-state index is 12.2. The van der Waals surface area contributed by atoms with Gasteiger partial charge < -0.3 is 10.6 Å². The molecule has 132 valence electrons. The van der Waals surface area contributed by atoms with Crippen LogP contribution in [0.3, 0.4) is 0 Å². The van der Waals surface area contributed by atoms with Crippen molar-refractivity contribution >= 4 is 40.7 Å². The Hall–Kier alpha value is -2.04. The molecule has 0 spiro atoms. The highest BCUT2D eigenvalue weighted by Crippen LogP contribution is 2.23. The Morgan fingerprint density at radius 1 is 0.840 bits per heavy atom. The van der Waals surface area contributed by atoms with Crippen molar-refractivity contribution < 1.29 is 9.59 Å². The summed E-state index contributed by atoms with van der Waals surface area (Å²) in [5, 5.41) is 5.97. The van der Waals surface area contributed by atoms with Gasteiger partial charge in [-0.15, -0.1) is 0 Å². The molecule has 25 heavy (non-hydrogen) atoms. The van der Waals surface area contributed by atoms with E-state index in [1.165, 1.54) is 17.7 Å². The van der Waals surface area contributed by atoms with Gasteiger partial charge in [0.1, 0.15) is 0 Å². The molecule has 2 rings (SSSR count). The maximum atomic E-state index is 12.2. The summed E-state index contributed by atoms with van der Waals surface area (Å²) in [6, 6.07) is 8.40. The molecule has 2 aromatic carbocycles. The number of carbonyl (C=O) groups excluding carboxylic acids is 2. The third-order valence-corrected chi connectivity index (χ3v) is 4.46. The van der Waals surface area contributed by atoms with E-state index in [2.05, 4.69) is 16.7 Å². The van der Waals surface area contributed by atoms with E-state index in [0.29, 0.717) is 15.7 Å². The van der Waals surface area contributed by atoms with Crippen molar-refractivity contribution in [1.29, 1.82) is 0 Å². The molecule has 4 nitrogen and oxygen atoms in total. The van der Waals surface area contributed by atoms with E-state index in [0.717, 1.165) is 16.7 Å². The number of benzene rings is 2. The molecule has 2 aromatic rings. The van der Waals surface area contributed by atoms with Gasteiger partial charge in [0.05, 0.1) is 6.04 Å². The molecule has 0 aliphatic heterocycles. The van der Waals surface area contributed by atoms with Gasteiger partial charge in [-0.25, -0.2) is 0 Å². The molecule has 0 fully saturated rings. The number of carbonyl (C=O) groups is 2. The lowest BCUT2D eigenvalue weighted by atomic mass is 9.96. The van der Waals surface area contributed by atoms with E-state index in [4.69, 9.17) is 23.2 Å². The Morgan fingerprint density at radius 3 is 2.00 bits per heavy atom. The topological polar surface area (TPSA) is 58.2 Å². The number of hydrogen-bond donors (Lipinski definition) is 2. The molecule has 0 saturated heterocycles. The largest absolute Gasteiger partial charge is 0.341 e. The fourth-order valence-corrected chi connectivity index (χ4v) is 3.13. The van der Waals surface area contributed by atoms with Gasteiger partial charge >= 0.3 is 11.8 Å². The molecular weight excluding hydrogens is 359 g/mol. The minimum Gasteiger partial charge on any atom is -0.341 e. The molecule has 0 unspecified atom stereocenters. The van der Waals surface area contributed by atoms with Crippen LogP contribution in [0, 0.1) is 20.8 Å². The highest BCUT2D eigenvalue weighted by molar-refractivity contribution is 6.40. The van der Waals surface area contributed by atoms with Gasteiger partial charge in [-0.1, -0.05) is 35.3 Å². The van der Waals surface area contributed by atoms with Crippen molar-refractivity contribution in [3.63, 3.8) is 0 Å². The van der Waals surface area contributed by atoms with Gasteiger partial charge in [-0.2, -0.15) is 0 Å². The summed E-state index contributed by atoms with van der Waals surface area (Å²) in [5.74, 6) is -1.49. The minimum absolute atomic E-state index is 0.291. The first kappa shape index (κ1) is 19.3. The van der Waals surface area contributed by atoms with Gasteiger partial charge in [0, 0.05) is 15.7 Å². The van der Waals surface area contributed by atoms with Gasteiger partial charge in [-0.3, -0.25) is 9.59 Å². The van der Waals surface area contributed by atoms with Crippen LogP contribution in [0.25, 0.3) is 0 Å². The first-order valence-electron chi connectivity index (χ1n) is 7.83. The molecule has 6 heteroatoms. The molecule has 0 heterocycles. The summed E-state index contributed by atoms with van der Waals surface area (Å²) >= 11 is 11.8. The van der Waals surface area contributed by atoms with E-state index >= 15 is 0 Å². The quantitative estimate of drug-likeness (QED) is 0.758. The van der Waals surface area contributed by atoms with Crippen molar-refractivity contribution in [2.45, 2.75) is 33.7 Å². The van der Waals surface area contributed by atoms with E-state index in [1.807, 2.05) is 33.8 Å². The van der Waals surface area contributed by atoms with Crippen molar-refractivity contribution in [2.75, 3.05) is 5.32 Å². The number of halogens is 2. The monoisotopic (exact) mass is 378 g/mol. The van der Waals surface area contributed by atoms with Crippen LogP contribution < -0.4 is 10.6 Å². The number of amides is 2. The third kappa shape index (κ3) is 4.97. The Morgan fingerprint density at radius 2 is 1.40 bits per heavy atom. The van der Waals surface area contributed by atoms with Crippen LogP contribution in [0.5, 0.6) is 0 Å². The van der Waals surface area contributed by atoms with Crippen molar-refractivity contribution in [3.05, 3.63) is 62.6 Å². The van der Waals surface area contributed by atoms with E-state index in [-0.39, 0.29) is 6.04 Å². The Labute approximate surface area is 157 Å². The molecule has 0 radical (unpaired) electrons. The van der Waals surface area contributed by atoms with Crippen LogP contribution in [0.1, 0.15) is 35.2 Å². The third-order valence-electron chi connectivity index (χ3n) is 4.02. The molecule has 0 aliphatic carbocycles. The summed E-state index contributed by atoms with van der Waals surface area (Å²) in [6.45, 7) is 7.89. The van der Waals surface area contributed by atoms with Gasteiger partial charge in [-0.05, 0) is 68.1 Å². The van der Waals surface area contributed by atoms with E-state index < -0.39 is 11.8 Å². The second kappa shape index (κ2) is 7.89. The van der Waals surface area contributed by atoms with Gasteiger partial charge in [0.25, 0.3) is 0 Å². The van der Waals surface area contributed by atoms with E-state index in [1.54, 1.807) is 6.07 Å². The average molecular weight is 379 g/mol. The van der Waals surface area contributed by atoms with Gasteiger partial charge in [0.15, 0.2) is 0 Å². The van der Waals surface area contributed by atoms with Crippen LogP contribution >= 0.6 is 23.2 Å². The Balaban J connectivity index is 2.08. The fraction of sp³-hybridized carbons (Fsp3) is 0.263. The summed E-state index contributed by atoms with van der Waals surface area (Å²) < 4.78 is 0. The molecule has 1 atom stereocenters. The highest BCUT2D eigenvalue weighted by Gasteiger charge is 2.19. The molecular formula is C19H20Cl2N2O2. The predicted molar refractivity (Wildman–Crippen MR) is 102 cm³/mol. The number of hydrogen-bond acceptors (Lipinski definition) is 2. The molecule has 0 bridgehead atoms. The van der Waals surface area contributed by atoms with E-state index in [9.17, 15) is 9.59 Å². The zero-order valence-electron chi connectivity index (χ0n) is 14.5. The van der Waals surface area contributed by atoms with Gasteiger partial charge in [0.2, 0.25) is 0 Å². The fourth-order valence-electron chi connectivity index (χ4n) is 2.60. The Kier molecular flexibility index (Phi) is 6.09. The lowest BCUT2D eigenvalue weighted by Gasteiger charge is -2.18. The zero-order chi connectivity index (χ0) is 18.7. The number of aryl methyl sites for hydroxylation is 3. The lowest BCUT2D eigenvalue weighted by Crippen LogP contribution is -2.37. The van der Waals surface area contributed by atoms with Crippen molar-refractivity contribution in [1.82, 2.24) is 5.32 Å². The number of anilines is 1. The molecule has 2 N–H and O–H groups in total. The second-order valence-electron chi connectivity index (χ2n) is 6.10. The van der Waals surface area contributed by atoms with Crippen molar-refractivity contribution in [2.24, 2.45) is 0 Å². The first-order chi connectivity index (χ1) is 11.7. The summed E-state index contributed by atoms with van der Waals surface area (Å²) in [4.78, 5) is 24.3. The number of rotatable bonds is 3. The molecule has 2 amide bonds. The van der Waals surface area contributed by atoms with Crippen LogP contribution in [-0.4, -0.2) is 11.8 Å². The highest BCUT2D eigenvalue weighted by atomic mass is 35.5. The molecule has 0 aliphatic rings. The van der Waals surface area contributed by atoms with Crippen LogP contribution in [-0.2, 0) is 9.59 Å². The minimum atomic E-state index is -0.772. The summed E-state index contributed by atoms with van der Waals surface area (Å²) in [6.07, 6.45) is 0. The van der Waals surface area contributed by atoms with Crippen LogP contribution in [0.15, 0.2) is 30.3 Å². The zero-order valence-corrected chi connectivity index (χ0v) is 16.0. The summed E-state index contributed by atoms with van der Waals surface area (Å²) in [7, 11) is 0. The first-order valence-corrected chi connectivity index (χ1v) is 8.58. The maximum Gasteiger partial charge on any atom is 0.313 e.